The van der Waals surface area contributed by atoms with Gasteiger partial charge in [0, 0.05) is 0 Å². The minimum Gasteiger partial charge on any atom is -0.544 e. The van der Waals surface area contributed by atoms with Gasteiger partial charge in [-0.25, -0.2) is 0 Å². The summed E-state index contributed by atoms with van der Waals surface area (Å²) in [4.78, 5) is 20.0. The number of rotatable bonds is 5. The van der Waals surface area contributed by atoms with Crippen molar-refractivity contribution in [3.63, 3.8) is 0 Å². The Labute approximate surface area is 103 Å². The van der Waals surface area contributed by atoms with Gasteiger partial charge in [0.25, 0.3) is 0 Å². The second kappa shape index (κ2) is 8.03. The second-order valence-electron chi connectivity index (χ2n) is 5.39. The van der Waals surface area contributed by atoms with Crippen molar-refractivity contribution in [3.05, 3.63) is 0 Å². The Hall–Kier alpha value is -1.14. The van der Waals surface area contributed by atoms with Crippen LogP contribution in [0.1, 0.15) is 20.3 Å². The molecule has 0 aliphatic heterocycles. The Kier molecular flexibility index (Phi) is 8.61. The maximum atomic E-state index is 10.1. The summed E-state index contributed by atoms with van der Waals surface area (Å²) >= 11 is 0. The zero-order valence-corrected chi connectivity index (χ0v) is 11.3. The minimum absolute atomic E-state index is 0.0694. The van der Waals surface area contributed by atoms with Crippen LogP contribution in [0.5, 0.6) is 0 Å². The van der Waals surface area contributed by atoms with Crippen LogP contribution in [-0.4, -0.2) is 55.3 Å². The molecule has 0 aromatic rings. The van der Waals surface area contributed by atoms with E-state index in [9.17, 15) is 14.7 Å². The van der Waals surface area contributed by atoms with Crippen molar-refractivity contribution in [3.8, 4) is 0 Å². The van der Waals surface area contributed by atoms with Gasteiger partial charge in [-0.3, -0.25) is 4.79 Å². The van der Waals surface area contributed by atoms with Crippen LogP contribution >= 0.6 is 0 Å². The number of nitrogens with two attached hydrogens (primary N) is 1. The standard InChI is InChI=1S/C6H13NO2.C5H11NO2/c1-4(2)3-5(7)6(8)9;1-6(2,3)4-5(7)8/h4-5H,3,7H2,1-2H3,(H,8,9);4H2,1-3H3. The van der Waals surface area contributed by atoms with Crippen LogP contribution in [0.2, 0.25) is 0 Å². The Bertz CT molecular complexity index is 246. The summed E-state index contributed by atoms with van der Waals surface area (Å²) in [7, 11) is 5.40. The molecular weight excluding hydrogens is 224 g/mol. The maximum absolute atomic E-state index is 10.1. The van der Waals surface area contributed by atoms with Gasteiger partial charge < -0.3 is 25.2 Å². The first-order valence-electron chi connectivity index (χ1n) is 5.44. The molecule has 0 heterocycles. The average Bonchev–Trinajstić information content (AvgIpc) is 1.98. The van der Waals surface area contributed by atoms with Crippen LogP contribution in [0.25, 0.3) is 0 Å². The summed E-state index contributed by atoms with van der Waals surface area (Å²) in [6.07, 6.45) is 0.551. The Balaban J connectivity index is 0. The SMILES string of the molecule is CC(C)CC(N)C(=O)O.C[N+](C)(C)CC(=O)[O-]. The van der Waals surface area contributed by atoms with E-state index in [4.69, 9.17) is 10.8 Å². The molecule has 0 amide bonds. The summed E-state index contributed by atoms with van der Waals surface area (Å²) in [5.74, 6) is -1.56. The normalized spacial score (nSPS) is 12.6. The van der Waals surface area contributed by atoms with Gasteiger partial charge in [0.1, 0.15) is 12.6 Å². The number of hydrogen-bond acceptors (Lipinski definition) is 4. The molecule has 6 heteroatoms. The van der Waals surface area contributed by atoms with Crippen molar-refractivity contribution in [1.82, 2.24) is 0 Å². The highest BCUT2D eigenvalue weighted by Gasteiger charge is 2.11. The van der Waals surface area contributed by atoms with E-state index < -0.39 is 18.0 Å². The van der Waals surface area contributed by atoms with Gasteiger partial charge in [0.05, 0.1) is 27.1 Å². The van der Waals surface area contributed by atoms with E-state index in [2.05, 4.69) is 0 Å². The van der Waals surface area contributed by atoms with Gasteiger partial charge in [0.15, 0.2) is 0 Å². The Morgan fingerprint density at radius 1 is 1.29 bits per heavy atom. The third kappa shape index (κ3) is 17.5. The number of carbonyl (C=O) groups is 2. The summed E-state index contributed by atoms with van der Waals surface area (Å²) in [5.41, 5.74) is 5.22. The lowest BCUT2D eigenvalue weighted by Crippen LogP contribution is -2.45. The molecule has 0 aliphatic rings. The van der Waals surface area contributed by atoms with E-state index in [0.29, 0.717) is 16.8 Å². The van der Waals surface area contributed by atoms with Crippen molar-refractivity contribution in [2.45, 2.75) is 26.3 Å². The van der Waals surface area contributed by atoms with Crippen molar-refractivity contribution in [1.29, 1.82) is 0 Å². The predicted octanol–water partition coefficient (Wildman–Crippen LogP) is -1.11. The third-order valence-electron chi connectivity index (χ3n) is 1.65. The number of carboxylic acids is 2. The number of hydrogen-bond donors (Lipinski definition) is 2. The van der Waals surface area contributed by atoms with Crippen LogP contribution in [0.3, 0.4) is 0 Å². The van der Waals surface area contributed by atoms with Crippen LogP contribution in [0.4, 0.5) is 0 Å². The summed E-state index contributed by atoms with van der Waals surface area (Å²) in [5, 5.41) is 18.2. The van der Waals surface area contributed by atoms with Gasteiger partial charge in [-0.15, -0.1) is 0 Å². The number of quaternary nitrogens is 1. The second-order valence-corrected chi connectivity index (χ2v) is 5.39. The fourth-order valence-electron chi connectivity index (χ4n) is 0.996. The molecule has 17 heavy (non-hydrogen) atoms. The zero-order chi connectivity index (χ0) is 14.2. The Morgan fingerprint density at radius 3 is 1.76 bits per heavy atom. The lowest BCUT2D eigenvalue weighted by Gasteiger charge is -2.23. The highest BCUT2D eigenvalue weighted by molar-refractivity contribution is 5.72. The van der Waals surface area contributed by atoms with Gasteiger partial charge in [-0.05, 0) is 12.3 Å². The first-order valence-corrected chi connectivity index (χ1v) is 5.44. The fraction of sp³-hybridized carbons (Fsp3) is 0.818. The van der Waals surface area contributed by atoms with Crippen molar-refractivity contribution < 1.29 is 24.3 Å². The van der Waals surface area contributed by atoms with E-state index in [1.165, 1.54) is 0 Å². The smallest absolute Gasteiger partial charge is 0.320 e. The third-order valence-corrected chi connectivity index (χ3v) is 1.65. The van der Waals surface area contributed by atoms with Crippen LogP contribution in [0.15, 0.2) is 0 Å². The van der Waals surface area contributed by atoms with Crippen molar-refractivity contribution in [2.75, 3.05) is 27.7 Å². The fourth-order valence-corrected chi connectivity index (χ4v) is 0.996. The van der Waals surface area contributed by atoms with E-state index >= 15 is 0 Å². The van der Waals surface area contributed by atoms with Crippen LogP contribution in [0, 0.1) is 5.92 Å². The molecule has 0 fully saturated rings. The van der Waals surface area contributed by atoms with E-state index in [0.717, 1.165) is 0 Å². The molecule has 0 aliphatic carbocycles. The molecule has 0 aromatic heterocycles. The largest absolute Gasteiger partial charge is 0.544 e. The molecule has 3 N–H and O–H groups in total. The van der Waals surface area contributed by atoms with Gasteiger partial charge in [0.2, 0.25) is 0 Å². The van der Waals surface area contributed by atoms with Crippen LogP contribution in [-0.2, 0) is 9.59 Å². The highest BCUT2D eigenvalue weighted by atomic mass is 16.4. The molecule has 0 saturated heterocycles. The van der Waals surface area contributed by atoms with E-state index in [1.807, 2.05) is 13.8 Å². The molecule has 0 spiro atoms. The van der Waals surface area contributed by atoms with E-state index in [1.54, 1.807) is 21.1 Å². The molecule has 0 radical (unpaired) electrons. The molecular formula is C11H24N2O4. The lowest BCUT2D eigenvalue weighted by molar-refractivity contribution is -0.864. The molecule has 6 nitrogen and oxygen atoms in total. The number of aliphatic carboxylic acids is 2. The highest BCUT2D eigenvalue weighted by Crippen LogP contribution is 2.01. The first-order chi connectivity index (χ1) is 7.45. The monoisotopic (exact) mass is 248 g/mol. The summed E-state index contributed by atoms with van der Waals surface area (Å²) in [6, 6.07) is -0.690. The molecule has 0 aromatic carbocycles. The summed E-state index contributed by atoms with van der Waals surface area (Å²) in [6.45, 7) is 3.96. The quantitative estimate of drug-likeness (QED) is 0.600. The molecule has 0 saturated carbocycles. The van der Waals surface area contributed by atoms with Gasteiger partial charge in [-0.2, -0.15) is 0 Å². The Morgan fingerprint density at radius 2 is 1.71 bits per heavy atom. The average molecular weight is 248 g/mol. The van der Waals surface area contributed by atoms with Crippen LogP contribution < -0.4 is 10.8 Å². The molecule has 0 rings (SSSR count). The molecule has 1 unspecified atom stereocenters. The topological polar surface area (TPSA) is 103 Å². The molecule has 1 atom stereocenters. The summed E-state index contributed by atoms with van der Waals surface area (Å²) < 4.78 is 0.419. The predicted molar refractivity (Wildman–Crippen MR) is 63.0 cm³/mol. The molecule has 0 bridgehead atoms. The zero-order valence-electron chi connectivity index (χ0n) is 11.3. The van der Waals surface area contributed by atoms with Gasteiger partial charge in [-0.1, -0.05) is 13.8 Å². The number of carboxylic acid groups (broad SMARTS) is 2. The van der Waals surface area contributed by atoms with Crippen molar-refractivity contribution in [2.24, 2.45) is 11.7 Å². The number of likely N-dealkylation sites (N-methyl/N-ethyl adjacent to an activating group) is 1. The maximum Gasteiger partial charge on any atom is 0.320 e. The number of carbonyl (C=O) groups excluding carboxylic acids is 1. The minimum atomic E-state index is -1.00. The van der Waals surface area contributed by atoms with Gasteiger partial charge >= 0.3 is 5.97 Å². The molecule has 102 valence electrons. The number of nitrogens with zero attached hydrogens (tertiary/aromatic N) is 1. The lowest BCUT2D eigenvalue weighted by atomic mass is 10.1. The van der Waals surface area contributed by atoms with E-state index in [-0.39, 0.29) is 6.54 Å². The first kappa shape index (κ1) is 18.2. The van der Waals surface area contributed by atoms with Crippen molar-refractivity contribution >= 4 is 11.9 Å².